The van der Waals surface area contributed by atoms with Gasteiger partial charge in [0.15, 0.2) is 5.84 Å². The lowest BCUT2D eigenvalue weighted by Crippen LogP contribution is -2.50. The van der Waals surface area contributed by atoms with Gasteiger partial charge in [-0.05, 0) is 76.5 Å². The molecule has 1 saturated heterocycles. The Balaban J connectivity index is 1.69. The zero-order valence-corrected chi connectivity index (χ0v) is 24.4. The van der Waals surface area contributed by atoms with Crippen LogP contribution in [0.15, 0.2) is 40.0 Å². The van der Waals surface area contributed by atoms with Crippen molar-refractivity contribution in [1.29, 1.82) is 0 Å². The van der Waals surface area contributed by atoms with Gasteiger partial charge >= 0.3 is 6.18 Å². The van der Waals surface area contributed by atoms with E-state index in [1.165, 1.54) is 0 Å². The van der Waals surface area contributed by atoms with Gasteiger partial charge in [-0.1, -0.05) is 0 Å². The molecule has 1 aliphatic heterocycles. The second kappa shape index (κ2) is 15.9. The summed E-state index contributed by atoms with van der Waals surface area (Å²) >= 11 is 0. The van der Waals surface area contributed by atoms with E-state index in [4.69, 9.17) is 10.5 Å². The van der Waals surface area contributed by atoms with Crippen LogP contribution in [0.1, 0.15) is 44.1 Å². The first-order chi connectivity index (χ1) is 19.6. The topological polar surface area (TPSA) is 98.8 Å². The third-order valence-corrected chi connectivity index (χ3v) is 7.45. The second-order valence-corrected chi connectivity index (χ2v) is 10.7. The minimum absolute atomic E-state index is 0.155. The smallest absolute Gasteiger partial charge is 0.390 e. The predicted molar refractivity (Wildman–Crippen MR) is 159 cm³/mol. The van der Waals surface area contributed by atoms with Gasteiger partial charge < -0.3 is 35.3 Å². The summed E-state index contributed by atoms with van der Waals surface area (Å²) in [7, 11) is 4.01. The molecule has 0 unspecified atom stereocenters. The Morgan fingerprint density at radius 3 is 2.68 bits per heavy atom. The first-order valence-electron chi connectivity index (χ1n) is 14.3. The largest absolute Gasteiger partial charge is 0.421 e. The van der Waals surface area contributed by atoms with Crippen molar-refractivity contribution in [3.05, 3.63) is 35.5 Å². The maximum Gasteiger partial charge on any atom is 0.421 e. The first kappa shape index (κ1) is 32.6. The molecular weight excluding hydrogens is 535 g/mol. The molecule has 0 spiro atoms. The van der Waals surface area contributed by atoms with E-state index in [2.05, 4.69) is 45.1 Å². The van der Waals surface area contributed by atoms with Crippen LogP contribution < -0.4 is 16.0 Å². The number of anilines is 2. The molecule has 41 heavy (non-hydrogen) atoms. The van der Waals surface area contributed by atoms with Gasteiger partial charge in [-0.25, -0.2) is 4.99 Å². The maximum absolute atomic E-state index is 14.1. The van der Waals surface area contributed by atoms with Gasteiger partial charge in [-0.15, -0.1) is 0 Å². The Labute approximate surface area is 241 Å². The number of hydrogen-bond donors (Lipinski definition) is 2. The summed E-state index contributed by atoms with van der Waals surface area (Å²) in [5, 5.41) is 2.92. The number of aldehydes is 1. The SMILES string of the molecule is C[C@@H]1CN(c2ccc(N/C=C(\C(N=CN)=NCCCN(C)CCOCCC=O)C(F)(F)F)c(C3CC3)c2)CCN1C. The number of nitrogens with one attached hydrogen (secondary N) is 1. The van der Waals surface area contributed by atoms with Crippen molar-refractivity contribution in [2.75, 3.05) is 76.8 Å². The number of carbonyl (C=O) groups is 1. The fourth-order valence-corrected chi connectivity index (χ4v) is 4.67. The number of carbonyl (C=O) groups excluding carboxylic acids is 1. The van der Waals surface area contributed by atoms with Crippen LogP contribution in [-0.2, 0) is 9.53 Å². The zero-order valence-electron chi connectivity index (χ0n) is 24.4. The van der Waals surface area contributed by atoms with Crippen LogP contribution >= 0.6 is 0 Å². The number of hydrogen-bond acceptors (Lipinski definition) is 7. The van der Waals surface area contributed by atoms with E-state index in [9.17, 15) is 18.0 Å². The van der Waals surface area contributed by atoms with Gasteiger partial charge in [0.05, 0.1) is 19.6 Å². The molecule has 1 heterocycles. The summed E-state index contributed by atoms with van der Waals surface area (Å²) in [6, 6.07) is 6.40. The van der Waals surface area contributed by atoms with E-state index < -0.39 is 17.6 Å². The highest BCUT2D eigenvalue weighted by Gasteiger charge is 2.37. The summed E-state index contributed by atoms with van der Waals surface area (Å²) in [6.07, 6.45) is 0.855. The lowest BCUT2D eigenvalue weighted by molar-refractivity contribution is -0.108. The minimum Gasteiger partial charge on any atom is -0.390 e. The standard InChI is InChI=1S/C29H44F3N7O2/c1-22-20-39(13-12-38(22)3)24-8-9-27(25(18-24)23-6-7-23)35-19-26(29(30,31)32)28(36-21-33)34-10-4-11-37(2)14-17-41-16-5-15-40/h8-9,15,18-19,21-23,35H,4-7,10-14,16-17,20H2,1-3H3,(H2,33,34,36)/b26-19+/t22-/m1/s1. The molecule has 1 aromatic carbocycles. The third-order valence-electron chi connectivity index (χ3n) is 7.45. The summed E-state index contributed by atoms with van der Waals surface area (Å²) in [5.74, 6) is -0.115. The third kappa shape index (κ3) is 10.4. The molecule has 0 amide bonds. The van der Waals surface area contributed by atoms with Crippen LogP contribution in [0.2, 0.25) is 0 Å². The fraction of sp³-hybridized carbons (Fsp3) is 0.621. The summed E-state index contributed by atoms with van der Waals surface area (Å²) < 4.78 is 47.8. The molecular formula is C29H44F3N7O2. The Morgan fingerprint density at radius 2 is 2.02 bits per heavy atom. The van der Waals surface area contributed by atoms with Crippen LogP contribution in [0.3, 0.4) is 0 Å². The Hall–Kier alpha value is -2.96. The number of likely N-dealkylation sites (N-methyl/N-ethyl adjacent to an activating group) is 2. The Bertz CT molecular complexity index is 1070. The summed E-state index contributed by atoms with van der Waals surface area (Å²) in [6.45, 7) is 7.26. The number of rotatable bonds is 15. The van der Waals surface area contributed by atoms with E-state index in [0.29, 0.717) is 56.8 Å². The van der Waals surface area contributed by atoms with Crippen LogP contribution in [0.5, 0.6) is 0 Å². The van der Waals surface area contributed by atoms with E-state index in [1.807, 2.05) is 24.1 Å². The average Bonchev–Trinajstić information content (AvgIpc) is 3.77. The molecule has 1 saturated carbocycles. The molecule has 12 heteroatoms. The van der Waals surface area contributed by atoms with Gasteiger partial charge in [0.1, 0.15) is 11.9 Å². The molecule has 2 aliphatic rings. The van der Waals surface area contributed by atoms with Crippen molar-refractivity contribution in [2.45, 2.75) is 50.7 Å². The second-order valence-electron chi connectivity index (χ2n) is 10.7. The van der Waals surface area contributed by atoms with E-state index in [1.54, 1.807) is 0 Å². The van der Waals surface area contributed by atoms with Gasteiger partial charge in [0.2, 0.25) is 0 Å². The number of piperazine rings is 1. The average molecular weight is 580 g/mol. The zero-order chi connectivity index (χ0) is 29.8. The van der Waals surface area contributed by atoms with Crippen molar-refractivity contribution < 1.29 is 22.7 Å². The van der Waals surface area contributed by atoms with Gasteiger partial charge in [0.25, 0.3) is 0 Å². The molecule has 1 aromatic rings. The minimum atomic E-state index is -4.68. The van der Waals surface area contributed by atoms with Crippen molar-refractivity contribution >= 4 is 29.8 Å². The molecule has 228 valence electrons. The molecule has 1 atom stereocenters. The van der Waals surface area contributed by atoms with Crippen molar-refractivity contribution in [1.82, 2.24) is 9.80 Å². The summed E-state index contributed by atoms with van der Waals surface area (Å²) in [4.78, 5) is 24.9. The lowest BCUT2D eigenvalue weighted by Gasteiger charge is -2.39. The number of halogens is 3. The molecule has 0 bridgehead atoms. The number of nitrogens with two attached hydrogens (primary N) is 1. The van der Waals surface area contributed by atoms with Crippen molar-refractivity contribution in [3.8, 4) is 0 Å². The summed E-state index contributed by atoms with van der Waals surface area (Å²) in [5.41, 5.74) is 7.22. The number of amidine groups is 1. The van der Waals surface area contributed by atoms with Gasteiger partial charge in [-0.2, -0.15) is 13.2 Å². The Morgan fingerprint density at radius 1 is 1.24 bits per heavy atom. The molecule has 9 nitrogen and oxygen atoms in total. The van der Waals surface area contributed by atoms with Gasteiger partial charge in [-0.3, -0.25) is 4.99 Å². The highest BCUT2D eigenvalue weighted by molar-refractivity contribution is 6.03. The Kier molecular flexibility index (Phi) is 12.6. The van der Waals surface area contributed by atoms with E-state index >= 15 is 0 Å². The quantitative estimate of drug-likeness (QED) is 0.141. The van der Waals surface area contributed by atoms with E-state index in [0.717, 1.165) is 62.6 Å². The molecule has 0 radical (unpaired) electrons. The van der Waals surface area contributed by atoms with Crippen molar-refractivity contribution in [2.24, 2.45) is 15.7 Å². The monoisotopic (exact) mass is 579 g/mol. The number of aliphatic imine (C=N–C) groups is 2. The predicted octanol–water partition coefficient (Wildman–Crippen LogP) is 3.88. The maximum atomic E-state index is 14.1. The molecule has 1 aliphatic carbocycles. The molecule has 2 fully saturated rings. The highest BCUT2D eigenvalue weighted by Crippen LogP contribution is 2.45. The highest BCUT2D eigenvalue weighted by atomic mass is 19.4. The normalized spacial score (nSPS) is 19.4. The first-order valence-corrected chi connectivity index (χ1v) is 14.3. The van der Waals surface area contributed by atoms with Crippen LogP contribution in [0.25, 0.3) is 0 Å². The van der Waals surface area contributed by atoms with Crippen LogP contribution in [-0.4, -0.2) is 107 Å². The number of ether oxygens (including phenoxy) is 1. The number of benzene rings is 1. The van der Waals surface area contributed by atoms with Crippen molar-refractivity contribution in [3.63, 3.8) is 0 Å². The lowest BCUT2D eigenvalue weighted by atomic mass is 10.1. The number of nitrogens with zero attached hydrogens (tertiary/aromatic N) is 5. The molecule has 3 rings (SSSR count). The van der Waals surface area contributed by atoms with Crippen LogP contribution in [0.4, 0.5) is 24.5 Å². The number of alkyl halides is 3. The van der Waals surface area contributed by atoms with Crippen LogP contribution in [0, 0.1) is 0 Å². The van der Waals surface area contributed by atoms with E-state index in [-0.39, 0.29) is 6.54 Å². The fourth-order valence-electron chi connectivity index (χ4n) is 4.67. The molecule has 0 aromatic heterocycles. The molecule has 3 N–H and O–H groups in total. The van der Waals surface area contributed by atoms with Gasteiger partial charge in [0, 0.05) is 62.8 Å².